The van der Waals surface area contributed by atoms with Gasteiger partial charge in [-0.2, -0.15) is 25.5 Å². The van der Waals surface area contributed by atoms with Gasteiger partial charge in [0.05, 0.1) is 43.5 Å². The predicted molar refractivity (Wildman–Crippen MR) is 388 cm³/mol. The number of nitrogens with zero attached hydrogens (tertiary/aromatic N) is 3. The van der Waals surface area contributed by atoms with E-state index < -0.39 is 136 Å². The Balaban J connectivity index is 0.838. The molecule has 36 nitrogen and oxygen atoms in total. The third-order valence-corrected chi connectivity index (χ3v) is 24.0. The molecule has 1 aromatic heterocycles. The van der Waals surface area contributed by atoms with Crippen LogP contribution in [0.15, 0.2) is 108 Å². The topological polar surface area (TPSA) is 515 Å². The number of ether oxygens (including phenoxy) is 5. The molecule has 2 aliphatic heterocycles. The van der Waals surface area contributed by atoms with Gasteiger partial charge in [-0.1, -0.05) is 79.3 Å². The second-order valence-electron chi connectivity index (χ2n) is 22.0. The number of nitrogens with one attached hydrogen (secondary N) is 5. The monoisotopic (exact) mass is 1640 g/mol. The second kappa shape index (κ2) is 39.1. The molecule has 0 saturated carbocycles. The van der Waals surface area contributed by atoms with Crippen LogP contribution in [0.3, 0.4) is 0 Å². The second-order valence-corrected chi connectivity index (χ2v) is 34.6. The number of carbonyl (C=O) groups excluding carboxylic acids is 4. The van der Waals surface area contributed by atoms with Gasteiger partial charge in [-0.05, 0) is 93.8 Å². The molecule has 3 heterocycles. The number of hydrogen-bond acceptors (Lipinski definition) is 28. The highest BCUT2D eigenvalue weighted by Crippen LogP contribution is 2.66. The van der Waals surface area contributed by atoms with Gasteiger partial charge in [0.15, 0.2) is 21.1 Å². The molecule has 45 heteroatoms. The fraction of sp³-hybridized carbons (Fsp3) is 0.417. The standard InChI is InChI=1S/C60H75N8O28P3S6/c1-7-61-44-22-20-42-52(43-21-23-45(62-8-2)56(105(85,86)87)54(43)94-53(42)55(44)104(82,83)84)40-17-9-10-18-41(40)59(73)67(4)27-13-19-48(69)64-25-26-65-57(71)37-14-11-16-39(30-37)90-35-51(103-101-6)89-29-28-88-34-49(70)63-24-12-15-38-32-68(60(74)66-58(38)72)50-31-46(92-36(3)102-100-5)47(93-50)33-91-98(78,79)96-99(80,81)95-97(75,76)77/h9-11,14,16-18,20-23,30,32,36,46-47,50-51,61H,7-8,13,19,24-29,31,33-35H2,1-6H3,(H,63,70)(H,64,69)(H,65,71)(H,78,79)(H,80,81)(H,66,72,74)(H2,75,76,77)(H,82,83,84)(H,85,86,87)/b62-45+/t36-,46+,47+,50+,51?/m0/s1. The lowest BCUT2D eigenvalue weighted by Crippen LogP contribution is -2.35. The number of H-pyrrole nitrogens is 1. The summed E-state index contributed by atoms with van der Waals surface area (Å²) in [4.78, 5) is 122. The smallest absolute Gasteiger partial charge is 0.490 e. The molecular weight excluding hydrogens is 1570 g/mol. The SMILES string of the molecule is CC/N=c1\ccc2c(-c3ccccc3C(=O)N(C)CCCC(=O)NCCNC(=O)c3cccc(OCC(OCCOCC(=O)NCC#Cc4cn([C@H]5C[C@@H](O[C@H](C)SSC)[C@@H](COP(=O)(O)OP(=O)(O)OP(=O)(O)O)O5)c(=O)[nH]c4=O)SSC)c3)c3ccc(NCC)c(S(=O)(=O)O)c3oc-2c1S(=O)(=O)O. The molecular formula is C60H75N8O28P3S6. The van der Waals surface area contributed by atoms with E-state index in [1.54, 1.807) is 63.4 Å². The Hall–Kier alpha value is -6.46. The van der Waals surface area contributed by atoms with Gasteiger partial charge in [0.1, 0.15) is 47.7 Å². The van der Waals surface area contributed by atoms with Crippen molar-refractivity contribution in [2.45, 2.75) is 79.1 Å². The van der Waals surface area contributed by atoms with Crippen LogP contribution in [0.2, 0.25) is 0 Å². The van der Waals surface area contributed by atoms with Crippen molar-refractivity contribution in [3.8, 4) is 40.0 Å². The van der Waals surface area contributed by atoms with Crippen LogP contribution in [0.25, 0.3) is 33.4 Å². The number of hydrogen-bond donors (Lipinski definition) is 11. The molecule has 105 heavy (non-hydrogen) atoms. The van der Waals surface area contributed by atoms with E-state index in [-0.39, 0.29) is 134 Å². The third kappa shape index (κ3) is 25.3. The summed E-state index contributed by atoms with van der Waals surface area (Å²) < 4.78 is 157. The summed E-state index contributed by atoms with van der Waals surface area (Å²) in [5, 5.41) is 10.7. The number of aromatic nitrogens is 2. The summed E-state index contributed by atoms with van der Waals surface area (Å²) in [7, 11) is -20.4. The average molecular weight is 1640 g/mol. The number of aromatic amines is 1. The van der Waals surface area contributed by atoms with Gasteiger partial charge in [0, 0.05) is 86.4 Å². The van der Waals surface area contributed by atoms with Crippen LogP contribution in [0.4, 0.5) is 5.69 Å². The molecule has 0 bridgehead atoms. The molecule has 3 aromatic carbocycles. The van der Waals surface area contributed by atoms with Crippen LogP contribution in [0.5, 0.6) is 5.75 Å². The molecule has 7 rings (SSSR count). The average Bonchev–Trinajstić information content (AvgIpc) is 0.990. The Bertz CT molecular complexity index is 4750. The number of phosphoric acid groups is 3. The van der Waals surface area contributed by atoms with E-state index in [2.05, 4.69) is 51.7 Å². The van der Waals surface area contributed by atoms with Gasteiger partial charge < -0.3 is 73.8 Å². The zero-order valence-electron chi connectivity index (χ0n) is 56.6. The number of phosphoric ester groups is 1. The Morgan fingerprint density at radius 3 is 2.28 bits per heavy atom. The largest absolute Gasteiger partial charge is 0.490 e. The van der Waals surface area contributed by atoms with Crippen molar-refractivity contribution in [3.63, 3.8) is 0 Å². The molecule has 7 atom stereocenters. The minimum Gasteiger partial charge on any atom is -0.490 e. The third-order valence-electron chi connectivity index (χ3n) is 14.5. The zero-order chi connectivity index (χ0) is 77.0. The fourth-order valence-corrected chi connectivity index (χ4v) is 17.8. The van der Waals surface area contributed by atoms with Crippen molar-refractivity contribution in [1.29, 1.82) is 0 Å². The lowest BCUT2D eigenvalue weighted by molar-refractivity contribution is -0.126. The predicted octanol–water partition coefficient (Wildman–Crippen LogP) is 5.59. The first-order chi connectivity index (χ1) is 49.6. The number of carbonyl (C=O) groups is 4. The van der Waals surface area contributed by atoms with E-state index in [0.717, 1.165) is 10.8 Å². The van der Waals surface area contributed by atoms with Crippen molar-refractivity contribution >= 4 is 127 Å². The van der Waals surface area contributed by atoms with Crippen LogP contribution >= 0.6 is 66.6 Å². The highest BCUT2D eigenvalue weighted by Gasteiger charge is 2.44. The maximum Gasteiger partial charge on any atom is 0.490 e. The first-order valence-corrected chi connectivity index (χ1v) is 43.9. The number of fused-ring (bicyclic) bond motifs is 2. The van der Waals surface area contributed by atoms with E-state index in [9.17, 15) is 78.2 Å². The Kier molecular flexibility index (Phi) is 31.9. The highest BCUT2D eigenvalue weighted by atomic mass is 33.1. The molecule has 4 aromatic rings. The van der Waals surface area contributed by atoms with E-state index in [1.165, 1.54) is 91.5 Å². The van der Waals surface area contributed by atoms with Crippen molar-refractivity contribution in [1.82, 2.24) is 30.4 Å². The van der Waals surface area contributed by atoms with E-state index in [1.807, 2.05) is 6.26 Å². The van der Waals surface area contributed by atoms with Crippen LogP contribution < -0.4 is 42.6 Å². The maximum atomic E-state index is 14.4. The van der Waals surface area contributed by atoms with Gasteiger partial charge in [-0.25, -0.2) is 18.5 Å². The number of amides is 4. The number of benzene rings is 4. The van der Waals surface area contributed by atoms with Crippen LogP contribution in [-0.4, -0.2) is 199 Å². The van der Waals surface area contributed by atoms with Crippen molar-refractivity contribution in [3.05, 3.63) is 122 Å². The minimum absolute atomic E-state index is 0.0140. The molecule has 1 aliphatic carbocycles. The van der Waals surface area contributed by atoms with Gasteiger partial charge in [0.25, 0.3) is 37.6 Å². The molecule has 1 saturated heterocycles. The minimum atomic E-state index is -5.83. The summed E-state index contributed by atoms with van der Waals surface area (Å²) in [5.74, 6) is 3.08. The Morgan fingerprint density at radius 2 is 1.58 bits per heavy atom. The first kappa shape index (κ1) is 85.8. The van der Waals surface area contributed by atoms with Crippen molar-refractivity contribution in [2.75, 3.05) is 97.2 Å². The summed E-state index contributed by atoms with van der Waals surface area (Å²) >= 11 is 0. The van der Waals surface area contributed by atoms with Crippen molar-refractivity contribution < 1.29 is 120 Å². The Labute approximate surface area is 616 Å². The summed E-state index contributed by atoms with van der Waals surface area (Å²) in [6.07, 6.45) is 1.24. The summed E-state index contributed by atoms with van der Waals surface area (Å²) in [6, 6.07) is 18.3. The van der Waals surface area contributed by atoms with E-state index in [0.29, 0.717) is 5.75 Å². The number of anilines is 1. The van der Waals surface area contributed by atoms with Crippen LogP contribution in [0.1, 0.15) is 72.5 Å². The van der Waals surface area contributed by atoms with Gasteiger partial charge in [-0.3, -0.25) is 52.1 Å². The van der Waals surface area contributed by atoms with E-state index >= 15 is 0 Å². The lowest BCUT2D eigenvalue weighted by Gasteiger charge is -2.23. The zero-order valence-corrected chi connectivity index (χ0v) is 64.2. The molecule has 11 N–H and O–H groups in total. The summed E-state index contributed by atoms with van der Waals surface area (Å²) in [5.41, 5.74) is -2.94. The first-order valence-electron chi connectivity index (χ1n) is 31.2. The van der Waals surface area contributed by atoms with Gasteiger partial charge >= 0.3 is 29.2 Å². The normalized spacial score (nSPS) is 16.7. The highest BCUT2D eigenvalue weighted by molar-refractivity contribution is 8.76. The summed E-state index contributed by atoms with van der Waals surface area (Å²) in [6.45, 7) is 3.98. The Morgan fingerprint density at radius 1 is 0.857 bits per heavy atom. The van der Waals surface area contributed by atoms with Gasteiger partial charge in [0.2, 0.25) is 11.8 Å². The molecule has 1 fully saturated rings. The van der Waals surface area contributed by atoms with Crippen molar-refractivity contribution in [2.24, 2.45) is 4.99 Å². The lowest BCUT2D eigenvalue weighted by atomic mass is 9.90. The van der Waals surface area contributed by atoms with Crippen LogP contribution in [0, 0.1) is 11.8 Å². The molecule has 0 spiro atoms. The molecule has 3 aliphatic rings. The molecule has 0 radical (unpaired) electrons. The maximum absolute atomic E-state index is 14.4. The molecule has 4 amide bonds. The quantitative estimate of drug-likeness (QED) is 0.00426. The van der Waals surface area contributed by atoms with E-state index in [4.69, 9.17) is 42.4 Å². The van der Waals surface area contributed by atoms with Gasteiger partial charge in [-0.15, -0.1) is 0 Å². The molecule has 574 valence electrons. The van der Waals surface area contributed by atoms with Crippen LogP contribution in [-0.2, 0) is 75.6 Å². The number of rotatable bonds is 39. The molecule has 3 unspecified atom stereocenters. The fourth-order valence-electron chi connectivity index (χ4n) is 10.3.